The largest absolute Gasteiger partial charge is 0.469 e. The van der Waals surface area contributed by atoms with Crippen LogP contribution in [0.4, 0.5) is 0 Å². The molecule has 0 aliphatic heterocycles. The van der Waals surface area contributed by atoms with Crippen LogP contribution in [-0.2, 0) is 9.53 Å². The number of nitrogens with zero attached hydrogens (tertiary/aromatic N) is 1. The molecule has 1 atom stereocenters. The molecule has 0 radical (unpaired) electrons. The molecular formula is C17H18N2O3. The van der Waals surface area contributed by atoms with E-state index in [1.807, 2.05) is 24.3 Å². The van der Waals surface area contributed by atoms with Crippen LogP contribution in [-0.4, -0.2) is 30.0 Å². The van der Waals surface area contributed by atoms with Crippen LogP contribution in [0.1, 0.15) is 23.7 Å². The molecular weight excluding hydrogens is 280 g/mol. The summed E-state index contributed by atoms with van der Waals surface area (Å²) in [6, 6.07) is 10.8. The van der Waals surface area contributed by atoms with Crippen LogP contribution in [0.2, 0.25) is 0 Å². The van der Waals surface area contributed by atoms with Gasteiger partial charge >= 0.3 is 5.97 Å². The topological polar surface area (TPSA) is 68.3 Å². The third-order valence-corrected chi connectivity index (χ3v) is 3.24. The maximum atomic E-state index is 12.1. The Morgan fingerprint density at radius 1 is 1.09 bits per heavy atom. The Labute approximate surface area is 129 Å². The number of ether oxygens (including phenoxy) is 1. The first-order chi connectivity index (χ1) is 10.6. The average molecular weight is 298 g/mol. The van der Waals surface area contributed by atoms with E-state index in [4.69, 9.17) is 0 Å². The highest BCUT2D eigenvalue weighted by molar-refractivity contribution is 5.95. The lowest BCUT2D eigenvalue weighted by molar-refractivity contribution is -0.141. The zero-order valence-corrected chi connectivity index (χ0v) is 12.6. The van der Waals surface area contributed by atoms with Crippen molar-refractivity contribution in [1.82, 2.24) is 10.3 Å². The summed E-state index contributed by atoms with van der Waals surface area (Å²) in [4.78, 5) is 27.2. The smallest absolute Gasteiger partial charge is 0.307 e. The van der Waals surface area contributed by atoms with E-state index in [0.29, 0.717) is 5.56 Å². The van der Waals surface area contributed by atoms with Crippen molar-refractivity contribution in [3.05, 3.63) is 54.4 Å². The fourth-order valence-electron chi connectivity index (χ4n) is 2.05. The molecule has 114 valence electrons. The van der Waals surface area contributed by atoms with Gasteiger partial charge in [-0.15, -0.1) is 0 Å². The van der Waals surface area contributed by atoms with Crippen molar-refractivity contribution in [2.24, 2.45) is 0 Å². The Balaban J connectivity index is 2.01. The van der Waals surface area contributed by atoms with Gasteiger partial charge in [0.05, 0.1) is 13.5 Å². The predicted octanol–water partition coefficient (Wildman–Crippen LogP) is 2.43. The third-order valence-electron chi connectivity index (χ3n) is 3.24. The zero-order valence-electron chi connectivity index (χ0n) is 12.6. The van der Waals surface area contributed by atoms with Gasteiger partial charge < -0.3 is 10.1 Å². The van der Waals surface area contributed by atoms with E-state index in [1.54, 1.807) is 31.5 Å². The SMILES string of the molecule is COC(=O)CC(C)NC(=O)c1ccc(-c2ccncc2)cc1. The lowest BCUT2D eigenvalue weighted by atomic mass is 10.0. The van der Waals surface area contributed by atoms with Crippen LogP contribution in [0.3, 0.4) is 0 Å². The number of hydrogen-bond donors (Lipinski definition) is 1. The zero-order chi connectivity index (χ0) is 15.9. The van der Waals surface area contributed by atoms with Crippen LogP contribution in [0.15, 0.2) is 48.8 Å². The Hall–Kier alpha value is -2.69. The van der Waals surface area contributed by atoms with E-state index in [0.717, 1.165) is 11.1 Å². The number of amides is 1. The van der Waals surface area contributed by atoms with Crippen molar-refractivity contribution in [3.63, 3.8) is 0 Å². The van der Waals surface area contributed by atoms with Gasteiger partial charge in [0.25, 0.3) is 5.91 Å². The molecule has 1 heterocycles. The van der Waals surface area contributed by atoms with Gasteiger partial charge in [-0.25, -0.2) is 0 Å². The second-order valence-electron chi connectivity index (χ2n) is 4.97. The molecule has 1 amide bonds. The van der Waals surface area contributed by atoms with E-state index in [-0.39, 0.29) is 24.3 Å². The standard InChI is InChI=1S/C17H18N2O3/c1-12(11-16(20)22-2)19-17(21)15-5-3-13(4-6-15)14-7-9-18-10-8-14/h3-10,12H,11H2,1-2H3,(H,19,21). The Morgan fingerprint density at radius 3 is 2.27 bits per heavy atom. The minimum absolute atomic E-state index is 0.150. The second kappa shape index (κ2) is 7.36. The molecule has 5 nitrogen and oxygen atoms in total. The van der Waals surface area contributed by atoms with Gasteiger partial charge in [0.1, 0.15) is 0 Å². The summed E-state index contributed by atoms with van der Waals surface area (Å²) in [5.74, 6) is -0.557. The molecule has 22 heavy (non-hydrogen) atoms. The number of carbonyl (C=O) groups is 2. The van der Waals surface area contributed by atoms with Gasteiger partial charge in [0, 0.05) is 24.0 Å². The summed E-state index contributed by atoms with van der Waals surface area (Å²) in [5, 5.41) is 2.77. The highest BCUT2D eigenvalue weighted by Crippen LogP contribution is 2.18. The van der Waals surface area contributed by atoms with E-state index in [2.05, 4.69) is 15.0 Å². The van der Waals surface area contributed by atoms with Crippen LogP contribution >= 0.6 is 0 Å². The van der Waals surface area contributed by atoms with Crippen LogP contribution in [0, 0.1) is 0 Å². The predicted molar refractivity (Wildman–Crippen MR) is 83.2 cm³/mol. The molecule has 1 aromatic heterocycles. The highest BCUT2D eigenvalue weighted by atomic mass is 16.5. The fraction of sp³-hybridized carbons (Fsp3) is 0.235. The monoisotopic (exact) mass is 298 g/mol. The van der Waals surface area contributed by atoms with Gasteiger partial charge in [0.2, 0.25) is 0 Å². The van der Waals surface area contributed by atoms with E-state index in [9.17, 15) is 9.59 Å². The minimum atomic E-state index is -0.346. The van der Waals surface area contributed by atoms with Gasteiger partial charge in [0.15, 0.2) is 0 Å². The highest BCUT2D eigenvalue weighted by Gasteiger charge is 2.13. The van der Waals surface area contributed by atoms with Crippen molar-refractivity contribution in [3.8, 4) is 11.1 Å². The van der Waals surface area contributed by atoms with E-state index >= 15 is 0 Å². The summed E-state index contributed by atoms with van der Waals surface area (Å²) in [6.07, 6.45) is 3.60. The van der Waals surface area contributed by atoms with Gasteiger partial charge in [-0.3, -0.25) is 14.6 Å². The van der Waals surface area contributed by atoms with Gasteiger partial charge in [-0.05, 0) is 42.3 Å². The number of benzene rings is 1. The number of rotatable bonds is 5. The first-order valence-corrected chi connectivity index (χ1v) is 6.98. The van der Waals surface area contributed by atoms with E-state index < -0.39 is 0 Å². The van der Waals surface area contributed by atoms with Crippen molar-refractivity contribution in [2.45, 2.75) is 19.4 Å². The van der Waals surface area contributed by atoms with Crippen LogP contribution in [0.25, 0.3) is 11.1 Å². The molecule has 0 bridgehead atoms. The molecule has 2 aromatic rings. The summed E-state index contributed by atoms with van der Waals surface area (Å²) in [6.45, 7) is 1.76. The molecule has 0 aliphatic rings. The summed E-state index contributed by atoms with van der Waals surface area (Å²) < 4.78 is 4.58. The molecule has 0 spiro atoms. The number of nitrogens with one attached hydrogen (secondary N) is 1. The molecule has 0 fully saturated rings. The first kappa shape index (κ1) is 15.7. The fourth-order valence-corrected chi connectivity index (χ4v) is 2.05. The summed E-state index contributed by atoms with van der Waals surface area (Å²) in [7, 11) is 1.33. The summed E-state index contributed by atoms with van der Waals surface area (Å²) in [5.41, 5.74) is 2.61. The van der Waals surface area contributed by atoms with Crippen molar-refractivity contribution >= 4 is 11.9 Å². The van der Waals surface area contributed by atoms with Crippen LogP contribution in [0.5, 0.6) is 0 Å². The Morgan fingerprint density at radius 2 is 1.68 bits per heavy atom. The molecule has 5 heteroatoms. The van der Waals surface area contributed by atoms with Crippen molar-refractivity contribution in [1.29, 1.82) is 0 Å². The Bertz CT molecular complexity index is 639. The number of aromatic nitrogens is 1. The second-order valence-corrected chi connectivity index (χ2v) is 4.97. The quantitative estimate of drug-likeness (QED) is 0.861. The molecule has 0 saturated heterocycles. The molecule has 1 N–H and O–H groups in total. The van der Waals surface area contributed by atoms with Gasteiger partial charge in [-0.1, -0.05) is 12.1 Å². The molecule has 2 rings (SSSR count). The van der Waals surface area contributed by atoms with Crippen LogP contribution < -0.4 is 5.32 Å². The number of methoxy groups -OCH3 is 1. The third kappa shape index (κ3) is 4.15. The number of esters is 1. The molecule has 0 aliphatic carbocycles. The number of carbonyl (C=O) groups excluding carboxylic acids is 2. The maximum Gasteiger partial charge on any atom is 0.307 e. The first-order valence-electron chi connectivity index (χ1n) is 6.98. The lowest BCUT2D eigenvalue weighted by Crippen LogP contribution is -2.34. The average Bonchev–Trinajstić information content (AvgIpc) is 2.55. The number of hydrogen-bond acceptors (Lipinski definition) is 4. The molecule has 0 saturated carbocycles. The van der Waals surface area contributed by atoms with Crippen molar-refractivity contribution in [2.75, 3.05) is 7.11 Å². The van der Waals surface area contributed by atoms with Gasteiger partial charge in [-0.2, -0.15) is 0 Å². The number of pyridine rings is 1. The maximum absolute atomic E-state index is 12.1. The molecule has 1 unspecified atom stereocenters. The normalized spacial score (nSPS) is 11.5. The van der Waals surface area contributed by atoms with E-state index in [1.165, 1.54) is 7.11 Å². The summed E-state index contributed by atoms with van der Waals surface area (Å²) >= 11 is 0. The minimum Gasteiger partial charge on any atom is -0.469 e. The molecule has 1 aromatic carbocycles. The van der Waals surface area contributed by atoms with Crippen molar-refractivity contribution < 1.29 is 14.3 Å². The Kier molecular flexibility index (Phi) is 5.25. The lowest BCUT2D eigenvalue weighted by Gasteiger charge is -2.12.